The maximum absolute atomic E-state index is 11.6. The molecule has 0 aromatic heterocycles. The van der Waals surface area contributed by atoms with E-state index in [0.717, 1.165) is 0 Å². The quantitative estimate of drug-likeness (QED) is 0.500. The molecule has 22 heavy (non-hydrogen) atoms. The second-order valence-corrected chi connectivity index (χ2v) is 5.02. The van der Waals surface area contributed by atoms with Crippen LogP contribution in [0.3, 0.4) is 0 Å². The van der Waals surface area contributed by atoms with Crippen molar-refractivity contribution in [2.45, 2.75) is 0 Å². The standard InChI is InChI=1S/C14H10Cl2N2O4/c1-2-3-22-11-9(15)5-7(6-10(11)16)4-8-12(19)17-14(21)18-13(8)20/h2,4-6H,1,3H2,(H2,17,18,19,20,21). The number of ether oxygens (including phenoxy) is 1. The number of imide groups is 2. The van der Waals surface area contributed by atoms with Gasteiger partial charge in [0, 0.05) is 0 Å². The van der Waals surface area contributed by atoms with Crippen LogP contribution in [0.25, 0.3) is 6.08 Å². The van der Waals surface area contributed by atoms with Crippen LogP contribution >= 0.6 is 23.2 Å². The van der Waals surface area contributed by atoms with E-state index < -0.39 is 17.8 Å². The van der Waals surface area contributed by atoms with Crippen LogP contribution in [0.5, 0.6) is 5.75 Å². The zero-order chi connectivity index (χ0) is 16.3. The fourth-order valence-electron chi connectivity index (χ4n) is 1.72. The summed E-state index contributed by atoms with van der Waals surface area (Å²) < 4.78 is 5.31. The van der Waals surface area contributed by atoms with E-state index in [1.165, 1.54) is 24.3 Å². The van der Waals surface area contributed by atoms with E-state index in [9.17, 15) is 14.4 Å². The van der Waals surface area contributed by atoms with Crippen molar-refractivity contribution in [1.29, 1.82) is 0 Å². The summed E-state index contributed by atoms with van der Waals surface area (Å²) in [5, 5.41) is 4.37. The van der Waals surface area contributed by atoms with Gasteiger partial charge >= 0.3 is 6.03 Å². The Labute approximate surface area is 135 Å². The van der Waals surface area contributed by atoms with Gasteiger partial charge in [-0.3, -0.25) is 20.2 Å². The minimum atomic E-state index is -0.864. The van der Waals surface area contributed by atoms with E-state index in [0.29, 0.717) is 5.56 Å². The number of carbonyl (C=O) groups excluding carboxylic acids is 3. The van der Waals surface area contributed by atoms with Crippen molar-refractivity contribution in [3.63, 3.8) is 0 Å². The molecule has 0 saturated carbocycles. The summed E-state index contributed by atoms with van der Waals surface area (Å²) >= 11 is 12.1. The zero-order valence-electron chi connectivity index (χ0n) is 11.1. The van der Waals surface area contributed by atoms with Gasteiger partial charge in [-0.05, 0) is 23.8 Å². The molecule has 2 rings (SSSR count). The van der Waals surface area contributed by atoms with Gasteiger partial charge in [-0.15, -0.1) is 0 Å². The number of benzene rings is 1. The van der Waals surface area contributed by atoms with Crippen LogP contribution < -0.4 is 15.4 Å². The van der Waals surface area contributed by atoms with Crippen LogP contribution in [0.4, 0.5) is 4.79 Å². The fourth-order valence-corrected chi connectivity index (χ4v) is 2.33. The number of nitrogens with one attached hydrogen (secondary N) is 2. The second-order valence-electron chi connectivity index (χ2n) is 4.21. The van der Waals surface area contributed by atoms with Crippen molar-refractivity contribution < 1.29 is 19.1 Å². The zero-order valence-corrected chi connectivity index (χ0v) is 12.6. The predicted octanol–water partition coefficient (Wildman–Crippen LogP) is 2.31. The summed E-state index contributed by atoms with van der Waals surface area (Å²) in [6.07, 6.45) is 2.81. The Bertz CT molecular complexity index is 668. The molecule has 1 saturated heterocycles. The lowest BCUT2D eigenvalue weighted by molar-refractivity contribution is -0.123. The van der Waals surface area contributed by atoms with Gasteiger partial charge < -0.3 is 4.74 Å². The average Bonchev–Trinajstić information content (AvgIpc) is 2.42. The van der Waals surface area contributed by atoms with Gasteiger partial charge in [0.2, 0.25) is 0 Å². The molecule has 0 bridgehead atoms. The third-order valence-corrected chi connectivity index (χ3v) is 3.18. The molecule has 0 radical (unpaired) electrons. The van der Waals surface area contributed by atoms with Gasteiger partial charge in [-0.1, -0.05) is 35.9 Å². The Morgan fingerprint density at radius 2 is 1.64 bits per heavy atom. The lowest BCUT2D eigenvalue weighted by atomic mass is 10.1. The largest absolute Gasteiger partial charge is 0.486 e. The van der Waals surface area contributed by atoms with Gasteiger partial charge in [0.1, 0.15) is 12.2 Å². The first-order valence-electron chi connectivity index (χ1n) is 6.03. The number of amides is 4. The molecule has 0 spiro atoms. The van der Waals surface area contributed by atoms with Gasteiger partial charge in [0.15, 0.2) is 5.75 Å². The van der Waals surface area contributed by atoms with Gasteiger partial charge in [-0.25, -0.2) is 4.79 Å². The summed E-state index contributed by atoms with van der Waals surface area (Å²) in [5.74, 6) is -1.32. The van der Waals surface area contributed by atoms with E-state index in [-0.39, 0.29) is 28.0 Å². The molecule has 1 aliphatic rings. The highest BCUT2D eigenvalue weighted by Gasteiger charge is 2.27. The van der Waals surface area contributed by atoms with E-state index >= 15 is 0 Å². The molecule has 114 valence electrons. The molecule has 1 aliphatic heterocycles. The topological polar surface area (TPSA) is 84.5 Å². The van der Waals surface area contributed by atoms with Crippen molar-refractivity contribution in [2.75, 3.05) is 6.61 Å². The summed E-state index contributed by atoms with van der Waals surface area (Å²) in [5.41, 5.74) is 0.182. The summed E-state index contributed by atoms with van der Waals surface area (Å²) in [4.78, 5) is 34.2. The van der Waals surface area contributed by atoms with Crippen LogP contribution in [0.15, 0.2) is 30.4 Å². The number of rotatable bonds is 4. The Hall–Kier alpha value is -2.31. The van der Waals surface area contributed by atoms with Gasteiger partial charge in [-0.2, -0.15) is 0 Å². The highest BCUT2D eigenvalue weighted by molar-refractivity contribution is 6.37. The highest BCUT2D eigenvalue weighted by Crippen LogP contribution is 2.35. The number of barbiturate groups is 1. The third-order valence-electron chi connectivity index (χ3n) is 2.62. The maximum atomic E-state index is 11.6. The minimum Gasteiger partial charge on any atom is -0.486 e. The lowest BCUT2D eigenvalue weighted by Gasteiger charge is -2.14. The van der Waals surface area contributed by atoms with Crippen LogP contribution in [-0.2, 0) is 9.59 Å². The number of halogens is 2. The van der Waals surface area contributed by atoms with Crippen molar-refractivity contribution in [3.05, 3.63) is 46.0 Å². The smallest absolute Gasteiger partial charge is 0.328 e. The van der Waals surface area contributed by atoms with Crippen molar-refractivity contribution >= 4 is 47.1 Å². The van der Waals surface area contributed by atoms with Crippen LogP contribution in [0.2, 0.25) is 10.0 Å². The lowest BCUT2D eigenvalue weighted by Crippen LogP contribution is -2.51. The van der Waals surface area contributed by atoms with E-state index in [1.807, 2.05) is 10.6 Å². The van der Waals surface area contributed by atoms with Crippen molar-refractivity contribution in [1.82, 2.24) is 10.6 Å². The highest BCUT2D eigenvalue weighted by atomic mass is 35.5. The first-order chi connectivity index (χ1) is 10.4. The summed E-state index contributed by atoms with van der Waals surface area (Å²) in [6, 6.07) is 2.10. The van der Waals surface area contributed by atoms with Gasteiger partial charge in [0.25, 0.3) is 11.8 Å². The Morgan fingerprint density at radius 1 is 1.09 bits per heavy atom. The summed E-state index contributed by atoms with van der Waals surface area (Å²) in [6.45, 7) is 3.74. The fraction of sp³-hybridized carbons (Fsp3) is 0.0714. The monoisotopic (exact) mass is 340 g/mol. The number of hydrogen-bond donors (Lipinski definition) is 2. The molecular weight excluding hydrogens is 331 g/mol. The van der Waals surface area contributed by atoms with Crippen LogP contribution in [-0.4, -0.2) is 24.5 Å². The second kappa shape index (κ2) is 6.64. The number of carbonyl (C=O) groups is 3. The number of hydrogen-bond acceptors (Lipinski definition) is 4. The molecule has 0 aliphatic carbocycles. The maximum Gasteiger partial charge on any atom is 0.328 e. The molecule has 2 N–H and O–H groups in total. The normalized spacial score (nSPS) is 14.3. The average molecular weight is 341 g/mol. The van der Waals surface area contributed by atoms with Crippen LogP contribution in [0.1, 0.15) is 5.56 Å². The molecule has 1 heterocycles. The number of urea groups is 1. The molecule has 6 nitrogen and oxygen atoms in total. The minimum absolute atomic E-state index is 0.217. The Morgan fingerprint density at radius 3 is 2.14 bits per heavy atom. The Kier molecular flexibility index (Phi) is 4.85. The molecule has 1 aromatic rings. The summed E-state index contributed by atoms with van der Waals surface area (Å²) in [7, 11) is 0. The molecule has 1 fully saturated rings. The van der Waals surface area contributed by atoms with Crippen LogP contribution in [0, 0.1) is 0 Å². The first-order valence-corrected chi connectivity index (χ1v) is 6.79. The van der Waals surface area contributed by atoms with E-state index in [1.54, 1.807) is 0 Å². The molecule has 0 unspecified atom stereocenters. The molecular formula is C14H10Cl2N2O4. The molecule has 1 aromatic carbocycles. The van der Waals surface area contributed by atoms with Crippen molar-refractivity contribution in [2.24, 2.45) is 0 Å². The first kappa shape index (κ1) is 16.1. The Balaban J connectivity index is 2.35. The SMILES string of the molecule is C=CCOc1c(Cl)cc(C=C2C(=O)NC(=O)NC2=O)cc1Cl. The molecule has 8 heteroatoms. The van der Waals surface area contributed by atoms with Gasteiger partial charge in [0.05, 0.1) is 10.0 Å². The molecule has 0 atom stereocenters. The van der Waals surface area contributed by atoms with Crippen molar-refractivity contribution in [3.8, 4) is 5.75 Å². The predicted molar refractivity (Wildman–Crippen MR) is 81.8 cm³/mol. The van der Waals surface area contributed by atoms with E-state index in [4.69, 9.17) is 27.9 Å². The molecule has 4 amide bonds. The third kappa shape index (κ3) is 3.47. The van der Waals surface area contributed by atoms with E-state index in [2.05, 4.69) is 6.58 Å².